The van der Waals surface area contributed by atoms with Gasteiger partial charge in [0.25, 0.3) is 5.91 Å². The number of aliphatic hydroxyl groups excluding tert-OH is 1. The van der Waals surface area contributed by atoms with E-state index in [1.807, 2.05) is 41.5 Å². The summed E-state index contributed by atoms with van der Waals surface area (Å²) < 4.78 is 0. The number of benzene rings is 1. The van der Waals surface area contributed by atoms with Crippen molar-refractivity contribution in [2.45, 2.75) is 208 Å². The summed E-state index contributed by atoms with van der Waals surface area (Å²) in [5, 5.41) is 27.1. The maximum Gasteiger partial charge on any atom is 0.324 e. The van der Waals surface area contributed by atoms with Gasteiger partial charge in [0.15, 0.2) is 0 Å². The topological polar surface area (TPSA) is 317 Å². The second-order valence-electron chi connectivity index (χ2n) is 25.6. The molecule has 488 valence electrons. The summed E-state index contributed by atoms with van der Waals surface area (Å²) in [6, 6.07) is -5.97. The van der Waals surface area contributed by atoms with Crippen LogP contribution in [-0.2, 0) is 59.2 Å². The summed E-state index contributed by atoms with van der Waals surface area (Å²) in [6.07, 6.45) is 0.197. The van der Waals surface area contributed by atoms with Crippen molar-refractivity contribution in [2.75, 3.05) is 48.3 Å². The molecule has 3 rings (SSSR count). The lowest BCUT2D eigenvalue weighted by molar-refractivity contribution is -0.150. The Morgan fingerprint density at radius 1 is 0.517 bits per heavy atom. The summed E-state index contributed by atoms with van der Waals surface area (Å²) in [7, 11) is 6.59. The van der Waals surface area contributed by atoms with Gasteiger partial charge in [0.2, 0.25) is 59.1 Å². The van der Waals surface area contributed by atoms with Gasteiger partial charge in [0.1, 0.15) is 60.4 Å². The van der Waals surface area contributed by atoms with Crippen molar-refractivity contribution in [1.29, 1.82) is 0 Å². The van der Waals surface area contributed by atoms with Crippen LogP contribution in [0.15, 0.2) is 30.3 Å². The van der Waals surface area contributed by atoms with Gasteiger partial charge in [-0.15, -0.1) is 0 Å². The standard InChI is InChI=1S/C62H102N12O13/c1-34(2)29-43-56(81)70(15)46(30-35(3)4)54(79)63-39(11)52(77)64-45(58(83)74-27-23-20-24-28-74)33-48(76)67-49(37(7)8)60(85)71(16)47(31-36(5)6)59(84)69(14)40(12)53(78)68-50(41(13)75)61(86)73(18)62(87)66-44(32-42-25-21-19-22-26-42)57(82)72(17)51(38(9)10)55(80)65-43/h19,21-22,25-26,34-41,43-47,49-51,75H,20,23-24,27-33H2,1-18H3,(H,63,79)(H,64,77)(H,65,80)(H,66,87)(H,67,76)(H,68,78)/t39-,40-,41+,43-,44-,45-,46-,47-,49+,50-,51-/m0/s1. The molecule has 2 saturated heterocycles. The van der Waals surface area contributed by atoms with Gasteiger partial charge >= 0.3 is 6.03 Å². The molecule has 13 amide bonds. The number of rotatable bonds is 12. The van der Waals surface area contributed by atoms with Gasteiger partial charge in [-0.25, -0.2) is 4.79 Å². The number of imide groups is 1. The van der Waals surface area contributed by atoms with Crippen molar-refractivity contribution in [3.05, 3.63) is 35.9 Å². The maximum atomic E-state index is 14.9. The summed E-state index contributed by atoms with van der Waals surface area (Å²) >= 11 is 0. The molecule has 25 heteroatoms. The first kappa shape index (κ1) is 74.1. The van der Waals surface area contributed by atoms with Crippen molar-refractivity contribution in [3.8, 4) is 0 Å². The molecule has 0 spiro atoms. The zero-order valence-corrected chi connectivity index (χ0v) is 54.7. The Morgan fingerprint density at radius 3 is 1.59 bits per heavy atom. The molecule has 0 aliphatic carbocycles. The van der Waals surface area contributed by atoms with Crippen LogP contribution in [0.5, 0.6) is 0 Å². The van der Waals surface area contributed by atoms with Crippen LogP contribution in [0, 0.1) is 29.6 Å². The van der Waals surface area contributed by atoms with E-state index >= 15 is 0 Å². The minimum atomic E-state index is -1.77. The SMILES string of the molecule is CC(C)C[C@@H]1NC(=O)[C@H](C(C)C)N(C)C(=O)[C@H](Cc2ccccc2)NC(=O)N(C)C(=O)[C@H]([C@@H](C)O)NC(=O)[C@H](C)N(C)C(=O)[C@H](CC(C)C)N(C)C(=O)[C@@H](C(C)C)NC(=O)C[C@@H](C(=O)N2CCCCC2)NC(=O)[C@H](C)NC(=O)[C@H](CC(C)C)N(C)C1=O. The molecule has 1 aromatic carbocycles. The van der Waals surface area contributed by atoms with Gasteiger partial charge in [-0.1, -0.05) is 99.6 Å². The quantitative estimate of drug-likeness (QED) is 0.157. The predicted molar refractivity (Wildman–Crippen MR) is 327 cm³/mol. The summed E-state index contributed by atoms with van der Waals surface area (Å²) in [5.74, 6) is -10.1. The average Bonchev–Trinajstić information content (AvgIpc) is 3.11. The third-order valence-electron chi connectivity index (χ3n) is 16.1. The fraction of sp³-hybridized carbons (Fsp3) is 0.710. The lowest BCUT2D eigenvalue weighted by atomic mass is 9.96. The van der Waals surface area contributed by atoms with E-state index in [1.54, 1.807) is 62.9 Å². The zero-order valence-electron chi connectivity index (χ0n) is 54.7. The molecule has 2 heterocycles. The number of likely N-dealkylation sites (tertiary alicyclic amines) is 1. The van der Waals surface area contributed by atoms with E-state index in [2.05, 4.69) is 31.9 Å². The van der Waals surface area contributed by atoms with Crippen LogP contribution in [0.4, 0.5) is 4.79 Å². The lowest BCUT2D eigenvalue weighted by Crippen LogP contribution is -2.62. The number of hydrogen-bond acceptors (Lipinski definition) is 13. The molecule has 1 aromatic rings. The number of carbonyl (C=O) groups is 12. The molecule has 7 N–H and O–H groups in total. The normalized spacial score (nSPS) is 26.7. The fourth-order valence-corrected chi connectivity index (χ4v) is 10.8. The number of amides is 13. The predicted octanol–water partition coefficient (Wildman–Crippen LogP) is 1.78. The highest BCUT2D eigenvalue weighted by Crippen LogP contribution is 2.22. The Morgan fingerprint density at radius 2 is 1.06 bits per heavy atom. The van der Waals surface area contributed by atoms with E-state index < -0.39 is 156 Å². The van der Waals surface area contributed by atoms with Crippen LogP contribution in [-0.4, -0.2) is 220 Å². The molecule has 0 radical (unpaired) electrons. The van der Waals surface area contributed by atoms with Gasteiger partial charge in [-0.05, 0) is 94.4 Å². The highest BCUT2D eigenvalue weighted by atomic mass is 16.3. The summed E-state index contributed by atoms with van der Waals surface area (Å²) in [6.45, 7) is 22.5. The van der Waals surface area contributed by atoms with Gasteiger partial charge in [-0.2, -0.15) is 0 Å². The van der Waals surface area contributed by atoms with Crippen molar-refractivity contribution in [3.63, 3.8) is 0 Å². The second-order valence-corrected chi connectivity index (χ2v) is 25.6. The first-order chi connectivity index (χ1) is 40.5. The monoisotopic (exact) mass is 1220 g/mol. The summed E-state index contributed by atoms with van der Waals surface area (Å²) in [5.41, 5.74) is 0.593. The molecule has 87 heavy (non-hydrogen) atoms. The van der Waals surface area contributed by atoms with Crippen LogP contribution in [0.25, 0.3) is 0 Å². The Labute approximate surface area is 514 Å². The van der Waals surface area contributed by atoms with E-state index in [0.717, 1.165) is 23.3 Å². The molecule has 2 fully saturated rings. The molecule has 25 nitrogen and oxygen atoms in total. The molecule has 0 bridgehead atoms. The van der Waals surface area contributed by atoms with E-state index in [-0.39, 0.29) is 43.4 Å². The Balaban J connectivity index is 2.26. The number of hydrogen-bond donors (Lipinski definition) is 7. The third kappa shape index (κ3) is 21.0. The van der Waals surface area contributed by atoms with Crippen LogP contribution in [0.2, 0.25) is 0 Å². The van der Waals surface area contributed by atoms with Gasteiger partial charge in [0.05, 0.1) is 12.5 Å². The second kappa shape index (κ2) is 33.8. The molecular formula is C62H102N12O13. The lowest BCUT2D eigenvalue weighted by Gasteiger charge is -2.37. The maximum absolute atomic E-state index is 14.9. The highest BCUT2D eigenvalue weighted by molar-refractivity contribution is 6.02. The number of likely N-dealkylation sites (N-methyl/N-ethyl adjacent to an activating group) is 5. The molecule has 0 aromatic heterocycles. The largest absolute Gasteiger partial charge is 0.391 e. The number of urea groups is 1. The fourth-order valence-electron chi connectivity index (χ4n) is 10.8. The van der Waals surface area contributed by atoms with Crippen LogP contribution in [0.1, 0.15) is 141 Å². The average molecular weight is 1220 g/mol. The summed E-state index contributed by atoms with van der Waals surface area (Å²) in [4.78, 5) is 180. The van der Waals surface area contributed by atoms with E-state index in [0.29, 0.717) is 36.4 Å². The van der Waals surface area contributed by atoms with Gasteiger partial charge < -0.3 is 61.5 Å². The number of nitrogens with zero attached hydrogens (tertiary/aromatic N) is 6. The van der Waals surface area contributed by atoms with E-state index in [1.165, 1.54) is 58.8 Å². The molecule has 2 aliphatic rings. The van der Waals surface area contributed by atoms with Crippen molar-refractivity contribution in [2.24, 2.45) is 29.6 Å². The van der Waals surface area contributed by atoms with E-state index in [9.17, 15) is 62.6 Å². The molecule has 2 aliphatic heterocycles. The Bertz CT molecular complexity index is 2570. The smallest absolute Gasteiger partial charge is 0.324 e. The van der Waals surface area contributed by atoms with Crippen molar-refractivity contribution < 1.29 is 62.6 Å². The molecule has 0 unspecified atom stereocenters. The van der Waals surface area contributed by atoms with Crippen LogP contribution >= 0.6 is 0 Å². The molecule has 11 atom stereocenters. The van der Waals surface area contributed by atoms with Crippen molar-refractivity contribution in [1.82, 2.24) is 61.3 Å². The zero-order chi connectivity index (χ0) is 66.1. The number of nitrogens with one attached hydrogen (secondary N) is 6. The van der Waals surface area contributed by atoms with Crippen molar-refractivity contribution >= 4 is 71.0 Å². The number of piperidine rings is 1. The molecule has 0 saturated carbocycles. The minimum absolute atomic E-state index is 0.0960. The van der Waals surface area contributed by atoms with Gasteiger partial charge in [-0.3, -0.25) is 57.6 Å². The van der Waals surface area contributed by atoms with Crippen LogP contribution in [0.3, 0.4) is 0 Å². The third-order valence-corrected chi connectivity index (χ3v) is 16.1. The van der Waals surface area contributed by atoms with Gasteiger partial charge in [0, 0.05) is 54.7 Å². The number of carbonyl (C=O) groups excluding carboxylic acids is 12. The highest BCUT2D eigenvalue weighted by Gasteiger charge is 2.43. The first-order valence-electron chi connectivity index (χ1n) is 30.7. The Kier molecular flexibility index (Phi) is 28.8. The Hall–Kier alpha value is -7.18. The van der Waals surface area contributed by atoms with Crippen LogP contribution < -0.4 is 31.9 Å². The minimum Gasteiger partial charge on any atom is -0.391 e. The van der Waals surface area contributed by atoms with E-state index in [4.69, 9.17) is 0 Å². The number of aliphatic hydroxyl groups is 1. The molecular weight excluding hydrogens is 1120 g/mol. The first-order valence-corrected chi connectivity index (χ1v) is 30.7.